The first-order valence-electron chi connectivity index (χ1n) is 0. The average molecular weight is 360 g/mol. The van der Waals surface area contributed by atoms with Gasteiger partial charge in [-0.3, -0.25) is 0 Å². The molecule has 0 atom stereocenters. The van der Waals surface area contributed by atoms with Crippen LogP contribution in [-0.4, -0.2) is 0 Å². The van der Waals surface area contributed by atoms with Crippen LogP contribution in [0.5, 0.6) is 0 Å². The maximum absolute atomic E-state index is 0. The maximum atomic E-state index is 0. The summed E-state index contributed by atoms with van der Waals surface area (Å²) in [4.78, 5) is 0. The molecule has 0 N–H and O–H groups in total. The molecule has 0 radical (unpaired) electrons. The van der Waals surface area contributed by atoms with Crippen LogP contribution in [0.3, 0.4) is 0 Å². The van der Waals surface area contributed by atoms with Gasteiger partial charge in [0.15, 0.2) is 0 Å². The molecule has 0 spiro atoms. The van der Waals surface area contributed by atoms with Crippen LogP contribution in [0.15, 0.2) is 0 Å². The van der Waals surface area contributed by atoms with E-state index >= 15 is 0 Å². The zero-order chi connectivity index (χ0) is 0. The minimum Gasteiger partial charge on any atom is -2.00 e. The first-order chi connectivity index (χ1) is 0. The Bertz CT molecular complexity index is 7.51. The molecular formula is O4PtRu. The van der Waals surface area contributed by atoms with Gasteiger partial charge in [0, 0.05) is 0 Å². The Labute approximate surface area is 62.6 Å². The molecule has 4 nitrogen and oxygen atoms in total. The largest absolute Gasteiger partial charge is 4.00 e. The molecule has 0 fully saturated rings. The van der Waals surface area contributed by atoms with Gasteiger partial charge in [-0.2, -0.15) is 0 Å². The van der Waals surface area contributed by atoms with E-state index in [0.29, 0.717) is 0 Å². The summed E-state index contributed by atoms with van der Waals surface area (Å²) in [5.41, 5.74) is 0. The first-order valence-corrected chi connectivity index (χ1v) is 0. The standard InChI is InChI=1S/4O.Pt.Ru/q4*-2;2*+4. The van der Waals surface area contributed by atoms with Crippen molar-refractivity contribution in [2.45, 2.75) is 0 Å². The Hall–Kier alpha value is 1.15. The van der Waals surface area contributed by atoms with Gasteiger partial charge < -0.3 is 21.9 Å². The Morgan fingerprint density at radius 3 is 0.500 bits per heavy atom. The van der Waals surface area contributed by atoms with Crippen molar-refractivity contribution in [2.24, 2.45) is 0 Å². The fourth-order valence-electron chi connectivity index (χ4n) is 0. The average Bonchev–Trinajstić information content (AvgIpc) is 0. The summed E-state index contributed by atoms with van der Waals surface area (Å²) < 4.78 is 0. The first kappa shape index (κ1) is 204. The SMILES string of the molecule is [O-2].[O-2].[O-2].[O-2].[Pt+4].[Ru+4]. The summed E-state index contributed by atoms with van der Waals surface area (Å²) in [7, 11) is 0. The molecule has 0 aliphatic rings. The molecule has 0 bridgehead atoms. The van der Waals surface area contributed by atoms with E-state index in [4.69, 9.17) is 0 Å². The monoisotopic (exact) mass is 361 g/mol. The predicted octanol–water partition coefficient (Wildman–Crippen LogP) is -0.480. The van der Waals surface area contributed by atoms with E-state index in [-0.39, 0.29) is 62.4 Å². The van der Waals surface area contributed by atoms with Crippen LogP contribution in [0.1, 0.15) is 0 Å². The zero-order valence-electron chi connectivity index (χ0n) is 2.30. The summed E-state index contributed by atoms with van der Waals surface area (Å²) in [5.74, 6) is 0. The third-order valence-electron chi connectivity index (χ3n) is 0. The number of hydrogen-bond donors (Lipinski definition) is 0. The van der Waals surface area contributed by atoms with Gasteiger partial charge in [0.05, 0.1) is 0 Å². The van der Waals surface area contributed by atoms with E-state index in [0.717, 1.165) is 0 Å². The Kier molecular flexibility index (Phi) is 4190. The topological polar surface area (TPSA) is 114 Å². The quantitative estimate of drug-likeness (QED) is 0.520. The van der Waals surface area contributed by atoms with E-state index in [1.54, 1.807) is 0 Å². The molecular weight excluding hydrogens is 360 g/mol. The van der Waals surface area contributed by atoms with Crippen LogP contribution in [0.2, 0.25) is 0 Å². The minimum atomic E-state index is 0. The van der Waals surface area contributed by atoms with E-state index in [1.807, 2.05) is 0 Å². The third-order valence-corrected chi connectivity index (χ3v) is 0. The molecule has 0 rings (SSSR count). The molecule has 0 aliphatic heterocycles. The third kappa shape index (κ3) is 66.9. The van der Waals surface area contributed by atoms with Crippen molar-refractivity contribution in [3.8, 4) is 0 Å². The molecule has 0 aromatic rings. The van der Waals surface area contributed by atoms with Crippen molar-refractivity contribution in [3.05, 3.63) is 0 Å². The van der Waals surface area contributed by atoms with Gasteiger partial charge in [-0.1, -0.05) is 0 Å². The van der Waals surface area contributed by atoms with Gasteiger partial charge in [-0.05, 0) is 0 Å². The Morgan fingerprint density at radius 2 is 0.500 bits per heavy atom. The molecule has 0 aromatic carbocycles. The van der Waals surface area contributed by atoms with Crippen LogP contribution >= 0.6 is 0 Å². The smallest absolute Gasteiger partial charge is 2.00 e. The van der Waals surface area contributed by atoms with Crippen molar-refractivity contribution in [1.82, 2.24) is 0 Å². The van der Waals surface area contributed by atoms with Crippen molar-refractivity contribution in [2.75, 3.05) is 0 Å². The van der Waals surface area contributed by atoms with E-state index in [9.17, 15) is 0 Å². The molecule has 0 saturated carbocycles. The summed E-state index contributed by atoms with van der Waals surface area (Å²) in [6.07, 6.45) is 0. The second-order valence-electron chi connectivity index (χ2n) is 0. The summed E-state index contributed by atoms with van der Waals surface area (Å²) >= 11 is 0. The normalized spacial score (nSPS) is 0. The van der Waals surface area contributed by atoms with Crippen LogP contribution in [0.4, 0.5) is 0 Å². The van der Waals surface area contributed by atoms with Crippen LogP contribution in [0.25, 0.3) is 0 Å². The molecule has 0 amide bonds. The maximum Gasteiger partial charge on any atom is 4.00 e. The van der Waals surface area contributed by atoms with Crippen molar-refractivity contribution >= 4 is 0 Å². The Morgan fingerprint density at radius 1 is 0.500 bits per heavy atom. The van der Waals surface area contributed by atoms with Gasteiger partial charge >= 0.3 is 40.5 Å². The minimum absolute atomic E-state index is 0. The molecule has 6 heavy (non-hydrogen) atoms. The Balaban J connectivity index is 0. The van der Waals surface area contributed by atoms with E-state index in [1.165, 1.54) is 0 Å². The van der Waals surface area contributed by atoms with E-state index in [2.05, 4.69) is 0 Å². The van der Waals surface area contributed by atoms with Crippen molar-refractivity contribution < 1.29 is 62.4 Å². The van der Waals surface area contributed by atoms with Crippen molar-refractivity contribution in [3.63, 3.8) is 0 Å². The molecule has 0 unspecified atom stereocenters. The predicted molar refractivity (Wildman–Crippen MR) is 2.75 cm³/mol. The van der Waals surface area contributed by atoms with Crippen LogP contribution < -0.4 is 0 Å². The van der Waals surface area contributed by atoms with E-state index < -0.39 is 0 Å². The molecule has 0 aliphatic carbocycles. The van der Waals surface area contributed by atoms with Gasteiger partial charge in [0.2, 0.25) is 0 Å². The summed E-state index contributed by atoms with van der Waals surface area (Å²) in [5, 5.41) is 0. The molecule has 0 saturated heterocycles. The second-order valence-corrected chi connectivity index (χ2v) is 0. The zero-order valence-corrected chi connectivity index (χ0v) is 6.31. The summed E-state index contributed by atoms with van der Waals surface area (Å²) in [6, 6.07) is 0. The van der Waals surface area contributed by atoms with Crippen molar-refractivity contribution in [1.29, 1.82) is 0 Å². The molecule has 42 valence electrons. The fourth-order valence-corrected chi connectivity index (χ4v) is 0. The number of rotatable bonds is 0. The second kappa shape index (κ2) is 123. The van der Waals surface area contributed by atoms with Crippen LogP contribution in [-0.2, 0) is 62.4 Å². The number of hydrogen-bond acceptors (Lipinski definition) is 0. The summed E-state index contributed by atoms with van der Waals surface area (Å²) in [6.45, 7) is 0. The van der Waals surface area contributed by atoms with Gasteiger partial charge in [0.1, 0.15) is 0 Å². The molecule has 0 aromatic heterocycles. The van der Waals surface area contributed by atoms with Gasteiger partial charge in [-0.15, -0.1) is 0 Å². The van der Waals surface area contributed by atoms with Gasteiger partial charge in [-0.25, -0.2) is 0 Å². The fraction of sp³-hybridized carbons (Fsp3) is 0. The van der Waals surface area contributed by atoms with Crippen LogP contribution in [0, 0.1) is 0 Å². The molecule has 0 heterocycles. The van der Waals surface area contributed by atoms with Gasteiger partial charge in [0.25, 0.3) is 0 Å². The molecule has 6 heteroatoms.